The Labute approximate surface area is 158 Å². The van der Waals surface area contributed by atoms with Crippen molar-refractivity contribution in [2.75, 3.05) is 12.9 Å². The van der Waals surface area contributed by atoms with E-state index in [0.717, 1.165) is 24.2 Å². The second kappa shape index (κ2) is 9.62. The molecule has 26 heavy (non-hydrogen) atoms. The van der Waals surface area contributed by atoms with Gasteiger partial charge in [-0.3, -0.25) is 9.89 Å². The molecule has 140 valence electrons. The number of hydrogen-bond donors (Lipinski definition) is 2. The van der Waals surface area contributed by atoms with E-state index in [9.17, 15) is 4.79 Å². The first-order valence-corrected chi connectivity index (χ1v) is 10.2. The molecule has 2 N–H and O–H groups in total. The van der Waals surface area contributed by atoms with Crippen molar-refractivity contribution in [2.24, 2.45) is 0 Å². The molecule has 2 aromatic rings. The molecule has 1 heterocycles. The SMILES string of the molecule is COc1ccc(-c2nc(SCC(=O)NC3CCCCCCC3)n[nH]2)cc1. The molecular weight excluding hydrogens is 348 g/mol. The van der Waals surface area contributed by atoms with Gasteiger partial charge >= 0.3 is 0 Å². The maximum absolute atomic E-state index is 12.2. The predicted octanol–water partition coefficient (Wildman–Crippen LogP) is 3.80. The highest BCUT2D eigenvalue weighted by molar-refractivity contribution is 7.99. The molecule has 0 unspecified atom stereocenters. The van der Waals surface area contributed by atoms with Gasteiger partial charge in [0.15, 0.2) is 5.82 Å². The molecule has 0 spiro atoms. The molecule has 6 nitrogen and oxygen atoms in total. The minimum atomic E-state index is 0.0661. The summed E-state index contributed by atoms with van der Waals surface area (Å²) in [5.41, 5.74) is 0.934. The van der Waals surface area contributed by atoms with E-state index in [4.69, 9.17) is 4.74 Å². The third-order valence-corrected chi connectivity index (χ3v) is 5.48. The van der Waals surface area contributed by atoms with Crippen LogP contribution in [0.2, 0.25) is 0 Å². The zero-order chi connectivity index (χ0) is 18.2. The van der Waals surface area contributed by atoms with E-state index < -0.39 is 0 Å². The van der Waals surface area contributed by atoms with Gasteiger partial charge in [-0.1, -0.05) is 43.9 Å². The molecule has 0 radical (unpaired) electrons. The quantitative estimate of drug-likeness (QED) is 0.752. The number of amides is 1. The Hall–Kier alpha value is -2.02. The van der Waals surface area contributed by atoms with Crippen LogP contribution < -0.4 is 10.1 Å². The zero-order valence-electron chi connectivity index (χ0n) is 15.2. The van der Waals surface area contributed by atoms with Gasteiger partial charge in [-0.2, -0.15) is 0 Å². The number of thioether (sulfide) groups is 1. The molecule has 1 amide bonds. The van der Waals surface area contributed by atoms with Crippen molar-refractivity contribution in [1.82, 2.24) is 20.5 Å². The lowest BCUT2D eigenvalue weighted by Gasteiger charge is -2.20. The fourth-order valence-electron chi connectivity index (χ4n) is 3.19. The molecule has 0 atom stereocenters. The summed E-state index contributed by atoms with van der Waals surface area (Å²) in [6.45, 7) is 0. The van der Waals surface area contributed by atoms with E-state index in [1.165, 1.54) is 43.9 Å². The first-order chi connectivity index (χ1) is 12.7. The zero-order valence-corrected chi connectivity index (χ0v) is 16.0. The summed E-state index contributed by atoms with van der Waals surface area (Å²) in [4.78, 5) is 16.7. The topological polar surface area (TPSA) is 79.9 Å². The summed E-state index contributed by atoms with van der Waals surface area (Å²) in [5.74, 6) is 1.90. The van der Waals surface area contributed by atoms with Gasteiger partial charge < -0.3 is 10.1 Å². The highest BCUT2D eigenvalue weighted by Gasteiger charge is 2.15. The Morgan fingerprint density at radius 2 is 1.88 bits per heavy atom. The van der Waals surface area contributed by atoms with Crippen LogP contribution in [0.3, 0.4) is 0 Å². The Kier molecular flexibility index (Phi) is 6.94. The number of aromatic nitrogens is 3. The molecule has 1 fully saturated rings. The second-order valence-corrected chi connectivity index (χ2v) is 7.54. The summed E-state index contributed by atoms with van der Waals surface area (Å²) >= 11 is 1.36. The predicted molar refractivity (Wildman–Crippen MR) is 103 cm³/mol. The van der Waals surface area contributed by atoms with Crippen LogP contribution >= 0.6 is 11.8 Å². The molecule has 1 aromatic heterocycles. The lowest BCUT2D eigenvalue weighted by atomic mass is 9.97. The monoisotopic (exact) mass is 374 g/mol. The van der Waals surface area contributed by atoms with Crippen LogP contribution in [0.1, 0.15) is 44.9 Å². The molecule has 1 aliphatic rings. The average Bonchev–Trinajstić information content (AvgIpc) is 3.11. The lowest BCUT2D eigenvalue weighted by molar-refractivity contribution is -0.119. The van der Waals surface area contributed by atoms with Crippen molar-refractivity contribution in [3.8, 4) is 17.1 Å². The Bertz CT molecular complexity index is 694. The van der Waals surface area contributed by atoms with Crippen LogP contribution in [0.5, 0.6) is 5.75 Å². The third kappa shape index (κ3) is 5.49. The second-order valence-electron chi connectivity index (χ2n) is 6.59. The standard InChI is InChI=1S/C19H26N4O2S/c1-25-16-11-9-14(10-12-16)18-21-19(23-22-18)26-13-17(24)20-15-7-5-3-2-4-6-8-15/h9-12,15H,2-8,13H2,1H3,(H,20,24)(H,21,22,23). The van der Waals surface area contributed by atoms with Gasteiger partial charge in [-0.15, -0.1) is 5.10 Å². The number of carbonyl (C=O) groups excluding carboxylic acids is 1. The highest BCUT2D eigenvalue weighted by atomic mass is 32.2. The fraction of sp³-hybridized carbons (Fsp3) is 0.526. The van der Waals surface area contributed by atoms with Crippen molar-refractivity contribution < 1.29 is 9.53 Å². The number of ether oxygens (including phenoxy) is 1. The summed E-state index contributed by atoms with van der Waals surface area (Å²) in [7, 11) is 1.64. The molecule has 0 saturated heterocycles. The van der Waals surface area contributed by atoms with Crippen molar-refractivity contribution in [3.05, 3.63) is 24.3 Å². The van der Waals surface area contributed by atoms with Crippen LogP contribution in [0.15, 0.2) is 29.4 Å². The van der Waals surface area contributed by atoms with Crippen molar-refractivity contribution in [2.45, 2.75) is 56.1 Å². The van der Waals surface area contributed by atoms with Gasteiger partial charge in [0.25, 0.3) is 0 Å². The molecule has 7 heteroatoms. The van der Waals surface area contributed by atoms with E-state index in [2.05, 4.69) is 20.5 Å². The molecule has 0 aliphatic heterocycles. The van der Waals surface area contributed by atoms with E-state index in [1.807, 2.05) is 24.3 Å². The first-order valence-electron chi connectivity index (χ1n) is 9.23. The van der Waals surface area contributed by atoms with Gasteiger partial charge in [-0.05, 0) is 37.1 Å². The number of carbonyl (C=O) groups is 1. The Morgan fingerprint density at radius 1 is 1.19 bits per heavy atom. The van der Waals surface area contributed by atoms with Crippen molar-refractivity contribution in [1.29, 1.82) is 0 Å². The number of hydrogen-bond acceptors (Lipinski definition) is 5. The van der Waals surface area contributed by atoms with Crippen LogP contribution in [0.25, 0.3) is 11.4 Å². The Morgan fingerprint density at radius 3 is 2.58 bits per heavy atom. The van der Waals surface area contributed by atoms with Crippen LogP contribution in [0.4, 0.5) is 0 Å². The van der Waals surface area contributed by atoms with E-state index in [-0.39, 0.29) is 5.91 Å². The van der Waals surface area contributed by atoms with E-state index >= 15 is 0 Å². The molecule has 0 bridgehead atoms. The highest BCUT2D eigenvalue weighted by Crippen LogP contribution is 2.22. The fourth-order valence-corrected chi connectivity index (χ4v) is 3.80. The Balaban J connectivity index is 1.48. The summed E-state index contributed by atoms with van der Waals surface area (Å²) < 4.78 is 5.16. The number of nitrogens with one attached hydrogen (secondary N) is 2. The molecule has 1 saturated carbocycles. The van der Waals surface area contributed by atoms with Gasteiger partial charge in [0, 0.05) is 11.6 Å². The van der Waals surface area contributed by atoms with Crippen LogP contribution in [-0.4, -0.2) is 40.0 Å². The summed E-state index contributed by atoms with van der Waals surface area (Å²) in [6, 6.07) is 7.94. The number of nitrogens with zero attached hydrogens (tertiary/aromatic N) is 2. The van der Waals surface area contributed by atoms with Crippen molar-refractivity contribution in [3.63, 3.8) is 0 Å². The minimum absolute atomic E-state index is 0.0661. The minimum Gasteiger partial charge on any atom is -0.497 e. The summed E-state index contributed by atoms with van der Waals surface area (Å²) in [6.07, 6.45) is 8.52. The summed E-state index contributed by atoms with van der Waals surface area (Å²) in [5, 5.41) is 10.9. The largest absolute Gasteiger partial charge is 0.497 e. The first kappa shape index (κ1) is 18.8. The normalized spacial score (nSPS) is 15.9. The third-order valence-electron chi connectivity index (χ3n) is 4.63. The number of rotatable bonds is 6. The number of aromatic amines is 1. The molecule has 3 rings (SSSR count). The van der Waals surface area contributed by atoms with Crippen LogP contribution in [-0.2, 0) is 4.79 Å². The lowest BCUT2D eigenvalue weighted by Crippen LogP contribution is -2.36. The smallest absolute Gasteiger partial charge is 0.230 e. The van der Waals surface area contributed by atoms with Gasteiger partial charge in [-0.25, -0.2) is 4.98 Å². The van der Waals surface area contributed by atoms with Gasteiger partial charge in [0.05, 0.1) is 12.9 Å². The molecular formula is C19H26N4O2S. The molecule has 1 aromatic carbocycles. The van der Waals surface area contributed by atoms with Gasteiger partial charge in [0.2, 0.25) is 11.1 Å². The van der Waals surface area contributed by atoms with E-state index in [1.54, 1.807) is 7.11 Å². The molecule has 1 aliphatic carbocycles. The van der Waals surface area contributed by atoms with Crippen LogP contribution in [0, 0.1) is 0 Å². The van der Waals surface area contributed by atoms with E-state index in [0.29, 0.717) is 22.8 Å². The number of benzene rings is 1. The van der Waals surface area contributed by atoms with Crippen molar-refractivity contribution >= 4 is 17.7 Å². The maximum atomic E-state index is 12.2. The van der Waals surface area contributed by atoms with Gasteiger partial charge in [0.1, 0.15) is 5.75 Å². The average molecular weight is 375 g/mol. The maximum Gasteiger partial charge on any atom is 0.230 e. The number of H-pyrrole nitrogens is 1. The number of methoxy groups -OCH3 is 1.